The van der Waals surface area contributed by atoms with Crippen LogP contribution in [-0.2, 0) is 4.79 Å². The molecule has 0 aromatic heterocycles. The first kappa shape index (κ1) is 14.8. The second kappa shape index (κ2) is 7.25. The van der Waals surface area contributed by atoms with Crippen LogP contribution in [0.25, 0.3) is 0 Å². The quantitative estimate of drug-likeness (QED) is 0.843. The molecule has 0 bridgehead atoms. The number of carbonyl (C=O) groups is 1. The zero-order chi connectivity index (χ0) is 13.7. The standard InChI is InChI=1S/C15H28N2O2/c1-13(18)14-7-6-8-16(11-14)12-15(19)17-9-4-2-3-5-10-17/h13-14,18H,2-12H2,1H3. The number of aliphatic hydroxyl groups excluding tert-OH is 1. The van der Waals surface area contributed by atoms with Gasteiger partial charge in [0.05, 0.1) is 12.6 Å². The van der Waals surface area contributed by atoms with Crippen LogP contribution in [0, 0.1) is 5.92 Å². The summed E-state index contributed by atoms with van der Waals surface area (Å²) in [6.07, 6.45) is 6.77. The minimum atomic E-state index is -0.254. The number of rotatable bonds is 3. The first-order valence-corrected chi connectivity index (χ1v) is 7.85. The molecule has 0 aliphatic carbocycles. The molecular weight excluding hydrogens is 240 g/mol. The Morgan fingerprint density at radius 3 is 2.47 bits per heavy atom. The number of amides is 1. The van der Waals surface area contributed by atoms with Crippen molar-refractivity contribution in [1.82, 2.24) is 9.80 Å². The maximum Gasteiger partial charge on any atom is 0.236 e. The third-order valence-corrected chi connectivity index (χ3v) is 4.54. The van der Waals surface area contributed by atoms with Crippen LogP contribution in [0.3, 0.4) is 0 Å². The molecule has 0 saturated carbocycles. The van der Waals surface area contributed by atoms with Crippen LogP contribution in [0.5, 0.6) is 0 Å². The van der Waals surface area contributed by atoms with E-state index in [4.69, 9.17) is 0 Å². The summed E-state index contributed by atoms with van der Waals surface area (Å²) >= 11 is 0. The Labute approximate surface area is 116 Å². The monoisotopic (exact) mass is 268 g/mol. The van der Waals surface area contributed by atoms with Gasteiger partial charge in [-0.15, -0.1) is 0 Å². The lowest BCUT2D eigenvalue weighted by Crippen LogP contribution is -2.46. The van der Waals surface area contributed by atoms with E-state index < -0.39 is 0 Å². The van der Waals surface area contributed by atoms with E-state index in [0.717, 1.165) is 51.9 Å². The van der Waals surface area contributed by atoms with Gasteiger partial charge in [-0.05, 0) is 45.1 Å². The Bertz CT molecular complexity index is 286. The Kier molecular flexibility index (Phi) is 5.64. The summed E-state index contributed by atoms with van der Waals surface area (Å²) in [5.74, 6) is 0.624. The van der Waals surface area contributed by atoms with Crippen LogP contribution >= 0.6 is 0 Å². The normalized spacial score (nSPS) is 27.9. The fraction of sp³-hybridized carbons (Fsp3) is 0.933. The molecule has 0 aromatic carbocycles. The molecule has 1 N–H and O–H groups in total. The highest BCUT2D eigenvalue weighted by Crippen LogP contribution is 2.20. The van der Waals surface area contributed by atoms with E-state index in [2.05, 4.69) is 4.90 Å². The molecule has 1 amide bonds. The first-order valence-electron chi connectivity index (χ1n) is 7.85. The highest BCUT2D eigenvalue weighted by atomic mass is 16.3. The van der Waals surface area contributed by atoms with Crippen molar-refractivity contribution in [3.8, 4) is 0 Å². The smallest absolute Gasteiger partial charge is 0.236 e. The van der Waals surface area contributed by atoms with Crippen molar-refractivity contribution < 1.29 is 9.90 Å². The molecule has 2 fully saturated rings. The van der Waals surface area contributed by atoms with Gasteiger partial charge < -0.3 is 10.0 Å². The maximum absolute atomic E-state index is 12.3. The molecule has 110 valence electrons. The minimum absolute atomic E-state index is 0.254. The van der Waals surface area contributed by atoms with E-state index in [-0.39, 0.29) is 12.0 Å². The number of aliphatic hydroxyl groups is 1. The summed E-state index contributed by atoms with van der Waals surface area (Å²) in [5, 5.41) is 9.69. The molecule has 2 heterocycles. The predicted molar refractivity (Wildman–Crippen MR) is 75.9 cm³/mol. The predicted octanol–water partition coefficient (Wildman–Crippen LogP) is 1.48. The molecule has 4 nitrogen and oxygen atoms in total. The van der Waals surface area contributed by atoms with Gasteiger partial charge in [0.25, 0.3) is 0 Å². The molecular formula is C15H28N2O2. The van der Waals surface area contributed by atoms with Gasteiger partial charge in [0.1, 0.15) is 0 Å². The van der Waals surface area contributed by atoms with Crippen molar-refractivity contribution in [2.75, 3.05) is 32.7 Å². The Morgan fingerprint density at radius 1 is 1.16 bits per heavy atom. The van der Waals surface area contributed by atoms with Crippen molar-refractivity contribution in [2.45, 2.75) is 51.6 Å². The van der Waals surface area contributed by atoms with Crippen LogP contribution < -0.4 is 0 Å². The summed E-state index contributed by atoms with van der Waals surface area (Å²) in [5.41, 5.74) is 0. The average molecular weight is 268 g/mol. The van der Waals surface area contributed by atoms with Crippen molar-refractivity contribution in [1.29, 1.82) is 0 Å². The largest absolute Gasteiger partial charge is 0.393 e. The Balaban J connectivity index is 1.80. The summed E-state index contributed by atoms with van der Waals surface area (Å²) in [7, 11) is 0. The third-order valence-electron chi connectivity index (χ3n) is 4.54. The third kappa shape index (κ3) is 4.46. The average Bonchev–Trinajstić information content (AvgIpc) is 2.68. The second-order valence-corrected chi connectivity index (χ2v) is 6.17. The first-order chi connectivity index (χ1) is 9.16. The van der Waals surface area contributed by atoms with Crippen molar-refractivity contribution in [3.05, 3.63) is 0 Å². The van der Waals surface area contributed by atoms with Gasteiger partial charge in [-0.2, -0.15) is 0 Å². The van der Waals surface area contributed by atoms with Gasteiger partial charge in [0.15, 0.2) is 0 Å². The van der Waals surface area contributed by atoms with Crippen LogP contribution in [0.4, 0.5) is 0 Å². The van der Waals surface area contributed by atoms with Gasteiger partial charge in [0.2, 0.25) is 5.91 Å². The highest BCUT2D eigenvalue weighted by molar-refractivity contribution is 5.78. The van der Waals surface area contributed by atoms with E-state index in [1.807, 2.05) is 11.8 Å². The number of hydrogen-bond donors (Lipinski definition) is 1. The topological polar surface area (TPSA) is 43.8 Å². The summed E-state index contributed by atoms with van der Waals surface area (Å²) in [4.78, 5) is 16.6. The molecule has 2 atom stereocenters. The lowest BCUT2D eigenvalue weighted by Gasteiger charge is -2.34. The Morgan fingerprint density at radius 2 is 1.84 bits per heavy atom. The summed E-state index contributed by atoms with van der Waals surface area (Å²) < 4.78 is 0. The molecule has 4 heteroatoms. The molecule has 2 saturated heterocycles. The van der Waals surface area contributed by atoms with Crippen LogP contribution in [0.1, 0.15) is 45.4 Å². The van der Waals surface area contributed by atoms with Crippen molar-refractivity contribution in [3.63, 3.8) is 0 Å². The van der Waals surface area contributed by atoms with Gasteiger partial charge in [-0.1, -0.05) is 12.8 Å². The second-order valence-electron chi connectivity index (χ2n) is 6.17. The molecule has 0 aromatic rings. The molecule has 2 unspecified atom stereocenters. The zero-order valence-corrected chi connectivity index (χ0v) is 12.2. The van der Waals surface area contributed by atoms with E-state index in [0.29, 0.717) is 12.5 Å². The summed E-state index contributed by atoms with van der Waals surface area (Å²) in [6.45, 7) is 6.16. The minimum Gasteiger partial charge on any atom is -0.393 e. The van der Waals surface area contributed by atoms with Gasteiger partial charge in [0, 0.05) is 19.6 Å². The van der Waals surface area contributed by atoms with E-state index in [1.54, 1.807) is 0 Å². The van der Waals surface area contributed by atoms with Crippen LogP contribution in [-0.4, -0.2) is 59.6 Å². The highest BCUT2D eigenvalue weighted by Gasteiger charge is 2.26. The number of carbonyl (C=O) groups excluding carboxylic acids is 1. The van der Waals surface area contributed by atoms with E-state index >= 15 is 0 Å². The van der Waals surface area contributed by atoms with Crippen molar-refractivity contribution >= 4 is 5.91 Å². The molecule has 0 spiro atoms. The lowest BCUT2D eigenvalue weighted by molar-refractivity contribution is -0.133. The zero-order valence-electron chi connectivity index (χ0n) is 12.2. The van der Waals surface area contributed by atoms with Crippen LogP contribution in [0.2, 0.25) is 0 Å². The fourth-order valence-electron chi connectivity index (χ4n) is 3.24. The lowest BCUT2D eigenvalue weighted by atomic mass is 9.93. The number of hydrogen-bond acceptors (Lipinski definition) is 3. The van der Waals surface area contributed by atoms with Gasteiger partial charge in [-0.3, -0.25) is 9.69 Å². The number of likely N-dealkylation sites (tertiary alicyclic amines) is 2. The number of nitrogens with zero attached hydrogens (tertiary/aromatic N) is 2. The SMILES string of the molecule is CC(O)C1CCCN(CC(=O)N2CCCCCC2)C1. The Hall–Kier alpha value is -0.610. The molecule has 19 heavy (non-hydrogen) atoms. The molecule has 2 aliphatic rings. The maximum atomic E-state index is 12.3. The molecule has 2 aliphatic heterocycles. The summed E-state index contributed by atoms with van der Waals surface area (Å²) in [6, 6.07) is 0. The molecule has 2 rings (SSSR count). The fourth-order valence-corrected chi connectivity index (χ4v) is 3.24. The van der Waals surface area contributed by atoms with E-state index in [9.17, 15) is 9.90 Å². The van der Waals surface area contributed by atoms with Crippen LogP contribution in [0.15, 0.2) is 0 Å². The van der Waals surface area contributed by atoms with Gasteiger partial charge in [-0.25, -0.2) is 0 Å². The van der Waals surface area contributed by atoms with Crippen molar-refractivity contribution in [2.24, 2.45) is 5.92 Å². The molecule has 0 radical (unpaired) electrons. The van der Waals surface area contributed by atoms with E-state index in [1.165, 1.54) is 12.8 Å². The van der Waals surface area contributed by atoms with Gasteiger partial charge >= 0.3 is 0 Å². The number of piperidine rings is 1.